The number of dihydropyridines is 1. The molecule has 7 nitrogen and oxygen atoms in total. The van der Waals surface area contributed by atoms with Crippen LogP contribution in [-0.4, -0.2) is 47.0 Å². The van der Waals surface area contributed by atoms with Gasteiger partial charge in [-0.2, -0.15) is 13.2 Å². The van der Waals surface area contributed by atoms with E-state index in [0.29, 0.717) is 29.9 Å². The quantitative estimate of drug-likeness (QED) is 0.539. The number of anilines is 2. The monoisotopic (exact) mass is 463 g/mol. The van der Waals surface area contributed by atoms with Gasteiger partial charge < -0.3 is 21.3 Å². The normalized spacial score (nSPS) is 21.1. The second kappa shape index (κ2) is 9.07. The lowest BCUT2D eigenvalue weighted by Crippen LogP contribution is -2.48. The Hall–Kier alpha value is -3.04. The third-order valence-electron chi connectivity index (χ3n) is 6.35. The Kier molecular flexibility index (Phi) is 6.36. The number of carbonyl (C=O) groups is 2. The largest absolute Gasteiger partial charge is 0.417 e. The summed E-state index contributed by atoms with van der Waals surface area (Å²) >= 11 is 0. The first-order chi connectivity index (χ1) is 15.6. The first-order valence-electron chi connectivity index (χ1n) is 11.2. The summed E-state index contributed by atoms with van der Waals surface area (Å²) in [7, 11) is 0. The minimum atomic E-state index is -4.45. The molecule has 178 valence electrons. The highest BCUT2D eigenvalue weighted by atomic mass is 19.4. The van der Waals surface area contributed by atoms with Crippen molar-refractivity contribution in [2.45, 2.75) is 50.7 Å². The molecule has 10 heteroatoms. The molecule has 33 heavy (non-hydrogen) atoms. The van der Waals surface area contributed by atoms with Crippen LogP contribution < -0.4 is 16.4 Å². The predicted octanol–water partition coefficient (Wildman–Crippen LogP) is 3.33. The predicted molar refractivity (Wildman–Crippen MR) is 118 cm³/mol. The molecular formula is C23H28F3N5O2. The number of nitrogens with one attached hydrogen (secondary N) is 2. The van der Waals surface area contributed by atoms with Gasteiger partial charge in [0.15, 0.2) is 0 Å². The number of nitrogens with two attached hydrogens (primary N) is 1. The van der Waals surface area contributed by atoms with Crippen LogP contribution in [0.15, 0.2) is 36.2 Å². The number of amides is 2. The van der Waals surface area contributed by atoms with Gasteiger partial charge in [-0.25, -0.2) is 4.98 Å². The average Bonchev–Trinajstić information content (AvgIpc) is 3.66. The van der Waals surface area contributed by atoms with E-state index in [4.69, 9.17) is 5.73 Å². The third-order valence-corrected chi connectivity index (χ3v) is 6.35. The highest BCUT2D eigenvalue weighted by molar-refractivity contribution is 6.39. The maximum Gasteiger partial charge on any atom is 0.417 e. The van der Waals surface area contributed by atoms with Crippen LogP contribution in [-0.2, 0) is 9.59 Å². The molecule has 2 saturated carbocycles. The molecule has 4 rings (SSSR count). The number of pyridine rings is 1. The zero-order valence-electron chi connectivity index (χ0n) is 18.4. The van der Waals surface area contributed by atoms with Gasteiger partial charge in [0.05, 0.1) is 23.5 Å². The summed E-state index contributed by atoms with van der Waals surface area (Å²) in [5.74, 6) is -0.0961. The second-order valence-corrected chi connectivity index (χ2v) is 9.18. The van der Waals surface area contributed by atoms with Crippen LogP contribution in [0.1, 0.15) is 44.1 Å². The topological polar surface area (TPSA) is 100 Å². The Labute approximate surface area is 190 Å². The van der Waals surface area contributed by atoms with E-state index in [1.165, 1.54) is 17.2 Å². The van der Waals surface area contributed by atoms with Crippen molar-refractivity contribution in [3.63, 3.8) is 0 Å². The molecule has 2 heterocycles. The number of rotatable bonds is 7. The first kappa shape index (κ1) is 23.1. The van der Waals surface area contributed by atoms with E-state index in [1.807, 2.05) is 6.92 Å². The fourth-order valence-electron chi connectivity index (χ4n) is 4.06. The van der Waals surface area contributed by atoms with Crippen LogP contribution in [0, 0.1) is 11.8 Å². The van der Waals surface area contributed by atoms with Gasteiger partial charge >= 0.3 is 18.0 Å². The lowest BCUT2D eigenvalue weighted by molar-refractivity contribution is -0.143. The molecule has 0 saturated heterocycles. The standard InChI is InChI=1S/C23H28F3N5O2/c1-13(14-2-3-14)11-31(12-17-7-6-16(9-28-17)23(24,25)26)22(33)21(32)30-18-8-19(15-4-5-15)20(27)29-10-18/h6-10,13-15,17,28H,2-5,11-12H2,1H3,(H2,27,29)(H,30,32). The summed E-state index contributed by atoms with van der Waals surface area (Å²) in [4.78, 5) is 31.3. The van der Waals surface area contributed by atoms with Crippen LogP contribution in [0.5, 0.6) is 0 Å². The molecule has 3 aliphatic rings. The van der Waals surface area contributed by atoms with Crippen molar-refractivity contribution < 1.29 is 22.8 Å². The molecule has 1 aromatic rings. The maximum absolute atomic E-state index is 13.0. The number of alkyl halides is 3. The fraction of sp³-hybridized carbons (Fsp3) is 0.522. The Morgan fingerprint density at radius 1 is 1.30 bits per heavy atom. The van der Waals surface area contributed by atoms with Gasteiger partial charge in [0.2, 0.25) is 0 Å². The van der Waals surface area contributed by atoms with E-state index >= 15 is 0 Å². The van der Waals surface area contributed by atoms with Gasteiger partial charge in [-0.05, 0) is 55.1 Å². The summed E-state index contributed by atoms with van der Waals surface area (Å²) < 4.78 is 38.6. The van der Waals surface area contributed by atoms with E-state index in [9.17, 15) is 22.8 Å². The average molecular weight is 464 g/mol. The lowest BCUT2D eigenvalue weighted by atomic mass is 10.0. The number of hydrogen-bond acceptors (Lipinski definition) is 5. The van der Waals surface area contributed by atoms with E-state index in [-0.39, 0.29) is 12.5 Å². The van der Waals surface area contributed by atoms with Crippen molar-refractivity contribution in [3.05, 3.63) is 41.8 Å². The molecule has 0 bridgehead atoms. The van der Waals surface area contributed by atoms with E-state index in [2.05, 4.69) is 15.6 Å². The molecule has 2 aliphatic carbocycles. The molecule has 2 amide bonds. The van der Waals surface area contributed by atoms with E-state index in [1.54, 1.807) is 6.07 Å². The number of nitrogens with zero attached hydrogens (tertiary/aromatic N) is 2. The summed E-state index contributed by atoms with van der Waals surface area (Å²) in [6.45, 7) is 2.45. The smallest absolute Gasteiger partial charge is 0.383 e. The molecule has 1 aromatic heterocycles. The minimum absolute atomic E-state index is 0.0781. The second-order valence-electron chi connectivity index (χ2n) is 9.18. The van der Waals surface area contributed by atoms with E-state index in [0.717, 1.165) is 43.5 Å². The number of allylic oxidation sites excluding steroid dienone is 2. The van der Waals surface area contributed by atoms with Gasteiger partial charge in [0, 0.05) is 19.3 Å². The molecule has 0 radical (unpaired) electrons. The van der Waals surface area contributed by atoms with Crippen LogP contribution in [0.4, 0.5) is 24.7 Å². The number of aromatic nitrogens is 1. The first-order valence-corrected chi connectivity index (χ1v) is 11.2. The highest BCUT2D eigenvalue weighted by Gasteiger charge is 2.35. The van der Waals surface area contributed by atoms with Crippen molar-refractivity contribution in [1.29, 1.82) is 0 Å². The molecule has 1 aliphatic heterocycles. The molecule has 0 spiro atoms. The third kappa shape index (κ3) is 5.85. The molecule has 2 unspecified atom stereocenters. The van der Waals surface area contributed by atoms with Crippen molar-refractivity contribution in [3.8, 4) is 0 Å². The minimum Gasteiger partial charge on any atom is -0.383 e. The Bertz CT molecular complexity index is 983. The van der Waals surface area contributed by atoms with Gasteiger partial charge in [0.1, 0.15) is 5.82 Å². The summed E-state index contributed by atoms with van der Waals surface area (Å²) in [5, 5.41) is 5.29. The van der Waals surface area contributed by atoms with Crippen molar-refractivity contribution >= 4 is 23.3 Å². The summed E-state index contributed by atoms with van der Waals surface area (Å²) in [5.41, 5.74) is 6.38. The zero-order valence-corrected chi connectivity index (χ0v) is 18.4. The number of hydrogen-bond donors (Lipinski definition) is 3. The molecule has 4 N–H and O–H groups in total. The van der Waals surface area contributed by atoms with E-state index < -0.39 is 29.6 Å². The van der Waals surface area contributed by atoms with Crippen molar-refractivity contribution in [2.75, 3.05) is 24.1 Å². The molecule has 0 aromatic carbocycles. The van der Waals surface area contributed by atoms with Crippen LogP contribution in [0.2, 0.25) is 0 Å². The Morgan fingerprint density at radius 3 is 2.61 bits per heavy atom. The lowest BCUT2D eigenvalue weighted by Gasteiger charge is -2.30. The van der Waals surface area contributed by atoms with Crippen molar-refractivity contribution in [2.24, 2.45) is 11.8 Å². The molecular weight excluding hydrogens is 435 g/mol. The Balaban J connectivity index is 1.43. The van der Waals surface area contributed by atoms with Gasteiger partial charge in [-0.3, -0.25) is 9.59 Å². The fourth-order valence-corrected chi connectivity index (χ4v) is 4.06. The van der Waals surface area contributed by atoms with Gasteiger partial charge in [-0.1, -0.05) is 19.1 Å². The maximum atomic E-state index is 13.0. The van der Waals surface area contributed by atoms with Crippen LogP contribution in [0.25, 0.3) is 0 Å². The number of nitrogen functional groups attached to an aromatic ring is 1. The molecule has 2 fully saturated rings. The Morgan fingerprint density at radius 2 is 2.03 bits per heavy atom. The zero-order chi connectivity index (χ0) is 23.8. The molecule has 2 atom stereocenters. The summed E-state index contributed by atoms with van der Waals surface area (Å²) in [6, 6.07) is 1.22. The van der Waals surface area contributed by atoms with Crippen molar-refractivity contribution in [1.82, 2.24) is 15.2 Å². The van der Waals surface area contributed by atoms with Crippen LogP contribution in [0.3, 0.4) is 0 Å². The highest BCUT2D eigenvalue weighted by Crippen LogP contribution is 2.42. The summed E-state index contributed by atoms with van der Waals surface area (Å²) in [6.07, 6.45) is 4.42. The number of carbonyl (C=O) groups excluding carboxylic acids is 2. The van der Waals surface area contributed by atoms with Crippen LogP contribution >= 0.6 is 0 Å². The SMILES string of the molecule is CC(CN(CC1C=CC(C(F)(F)F)=CN1)C(=O)C(=O)Nc1cnc(N)c(C2CC2)c1)C1CC1. The van der Waals surface area contributed by atoms with Gasteiger partial charge in [0.25, 0.3) is 0 Å². The number of halogens is 3. The van der Waals surface area contributed by atoms with Gasteiger partial charge in [-0.15, -0.1) is 0 Å².